The van der Waals surface area contributed by atoms with Crippen LogP contribution in [0.25, 0.3) is 0 Å². The number of ether oxygens (including phenoxy) is 2. The highest BCUT2D eigenvalue weighted by atomic mass is 31.2. The summed E-state index contributed by atoms with van der Waals surface area (Å²) in [5, 5.41) is 0. The first-order chi connectivity index (χ1) is 24.8. The summed E-state index contributed by atoms with van der Waals surface area (Å²) in [7, 11) is -4.27. The summed E-state index contributed by atoms with van der Waals surface area (Å²) < 4.78 is 32.6. The Balaban J connectivity index is 4.03. The van der Waals surface area contributed by atoms with E-state index in [1.165, 1.54) is 128 Å². The zero-order valence-electron chi connectivity index (χ0n) is 33.5. The molecule has 0 heterocycles. The van der Waals surface area contributed by atoms with Crippen LogP contribution in [0.2, 0.25) is 0 Å². The van der Waals surface area contributed by atoms with Gasteiger partial charge in [0.15, 0.2) is 6.10 Å². The Kier molecular flexibility index (Phi) is 37.6. The topological polar surface area (TPSA) is 108 Å². The van der Waals surface area contributed by atoms with E-state index in [2.05, 4.69) is 26.0 Å². The maximum Gasteiger partial charge on any atom is 0.472 e. The van der Waals surface area contributed by atoms with Crippen molar-refractivity contribution >= 4 is 19.8 Å². The minimum absolute atomic E-state index is 0.00194. The Morgan fingerprint density at radius 1 is 0.510 bits per heavy atom. The average molecular weight is 745 g/mol. The van der Waals surface area contributed by atoms with Crippen LogP contribution < -0.4 is 0 Å². The molecule has 0 amide bonds. The lowest BCUT2D eigenvalue weighted by atomic mass is 10.0. The molecule has 302 valence electrons. The highest BCUT2D eigenvalue weighted by Gasteiger charge is 2.25. The molecular formula is C42H81O8P. The van der Waals surface area contributed by atoms with Crippen LogP contribution in [-0.2, 0) is 32.7 Å². The van der Waals surface area contributed by atoms with E-state index in [4.69, 9.17) is 18.5 Å². The van der Waals surface area contributed by atoms with Crippen molar-refractivity contribution in [2.45, 2.75) is 226 Å². The lowest BCUT2D eigenvalue weighted by Crippen LogP contribution is -2.29. The number of allylic oxidation sites excluding steroid dienone is 2. The van der Waals surface area contributed by atoms with Gasteiger partial charge >= 0.3 is 19.8 Å². The SMILES string of the molecule is CCCCCC/C=C\CCCCCCCC(=O)OC(COC(=O)CCCCCCCCCCCCCCCCCCCC)COP(=O)(O)OCC. The van der Waals surface area contributed by atoms with Crippen molar-refractivity contribution < 1.29 is 37.6 Å². The second-order valence-corrected chi connectivity index (χ2v) is 15.8. The maximum atomic E-state index is 12.5. The number of rotatable bonds is 40. The third-order valence-corrected chi connectivity index (χ3v) is 10.4. The third kappa shape index (κ3) is 38.3. The first-order valence-corrected chi connectivity index (χ1v) is 23.0. The van der Waals surface area contributed by atoms with Gasteiger partial charge in [-0.05, 0) is 45.4 Å². The van der Waals surface area contributed by atoms with Crippen molar-refractivity contribution in [3.63, 3.8) is 0 Å². The van der Waals surface area contributed by atoms with Crippen LogP contribution in [0.4, 0.5) is 0 Å². The van der Waals surface area contributed by atoms with E-state index in [9.17, 15) is 19.0 Å². The molecule has 0 aromatic rings. The number of esters is 2. The fraction of sp³-hybridized carbons (Fsp3) is 0.905. The first kappa shape index (κ1) is 49.8. The lowest BCUT2D eigenvalue weighted by molar-refractivity contribution is -0.161. The van der Waals surface area contributed by atoms with Gasteiger partial charge in [0, 0.05) is 12.8 Å². The molecule has 1 N–H and O–H groups in total. The highest BCUT2D eigenvalue weighted by Crippen LogP contribution is 2.43. The molecule has 0 aromatic heterocycles. The molecule has 0 radical (unpaired) electrons. The summed E-state index contributed by atoms with van der Waals surface area (Å²) in [5.41, 5.74) is 0. The van der Waals surface area contributed by atoms with Crippen LogP contribution in [0.5, 0.6) is 0 Å². The van der Waals surface area contributed by atoms with Crippen LogP contribution in [0, 0.1) is 0 Å². The Morgan fingerprint density at radius 3 is 1.31 bits per heavy atom. The summed E-state index contributed by atoms with van der Waals surface area (Å²) in [6.45, 7) is 5.48. The predicted molar refractivity (Wildman–Crippen MR) is 212 cm³/mol. The summed E-state index contributed by atoms with van der Waals surface area (Å²) in [6.07, 6.45) is 39.8. The minimum Gasteiger partial charge on any atom is -0.462 e. The molecule has 2 atom stereocenters. The van der Waals surface area contributed by atoms with Gasteiger partial charge in [0.2, 0.25) is 0 Å². The zero-order chi connectivity index (χ0) is 37.5. The van der Waals surface area contributed by atoms with E-state index in [1.54, 1.807) is 6.92 Å². The molecule has 0 aromatic carbocycles. The third-order valence-electron chi connectivity index (χ3n) is 9.32. The van der Waals surface area contributed by atoms with Crippen molar-refractivity contribution in [3.05, 3.63) is 12.2 Å². The van der Waals surface area contributed by atoms with Crippen LogP contribution in [0.3, 0.4) is 0 Å². The van der Waals surface area contributed by atoms with E-state index in [-0.39, 0.29) is 25.6 Å². The fourth-order valence-electron chi connectivity index (χ4n) is 6.15. The van der Waals surface area contributed by atoms with Crippen LogP contribution in [-0.4, -0.2) is 42.8 Å². The first-order valence-electron chi connectivity index (χ1n) is 21.5. The Morgan fingerprint density at radius 2 is 0.882 bits per heavy atom. The van der Waals surface area contributed by atoms with Crippen molar-refractivity contribution in [2.24, 2.45) is 0 Å². The largest absolute Gasteiger partial charge is 0.472 e. The van der Waals surface area contributed by atoms with Gasteiger partial charge in [0.1, 0.15) is 6.61 Å². The Bertz CT molecular complexity index is 849. The van der Waals surface area contributed by atoms with Gasteiger partial charge in [0.05, 0.1) is 13.2 Å². The van der Waals surface area contributed by atoms with E-state index in [1.807, 2.05) is 0 Å². The van der Waals surface area contributed by atoms with Crippen molar-refractivity contribution in [3.8, 4) is 0 Å². The number of carbonyl (C=O) groups is 2. The lowest BCUT2D eigenvalue weighted by Gasteiger charge is -2.19. The van der Waals surface area contributed by atoms with Crippen LogP contribution in [0.15, 0.2) is 12.2 Å². The summed E-state index contributed by atoms with van der Waals surface area (Å²) in [4.78, 5) is 34.7. The van der Waals surface area contributed by atoms with E-state index in [0.717, 1.165) is 51.4 Å². The molecule has 8 nitrogen and oxygen atoms in total. The quantitative estimate of drug-likeness (QED) is 0.0286. The summed E-state index contributed by atoms with van der Waals surface area (Å²) in [5.74, 6) is -0.797. The van der Waals surface area contributed by atoms with Gasteiger partial charge in [-0.15, -0.1) is 0 Å². The molecule has 0 rings (SSSR count). The number of unbranched alkanes of at least 4 members (excludes halogenated alkanes) is 26. The van der Waals surface area contributed by atoms with Gasteiger partial charge in [-0.2, -0.15) is 0 Å². The van der Waals surface area contributed by atoms with E-state index in [0.29, 0.717) is 12.8 Å². The monoisotopic (exact) mass is 745 g/mol. The minimum atomic E-state index is -4.27. The number of carbonyl (C=O) groups excluding carboxylic acids is 2. The van der Waals surface area contributed by atoms with Gasteiger partial charge in [-0.3, -0.25) is 18.6 Å². The highest BCUT2D eigenvalue weighted by molar-refractivity contribution is 7.47. The van der Waals surface area contributed by atoms with Gasteiger partial charge in [-0.1, -0.05) is 174 Å². The summed E-state index contributed by atoms with van der Waals surface area (Å²) >= 11 is 0. The zero-order valence-corrected chi connectivity index (χ0v) is 34.4. The fourth-order valence-corrected chi connectivity index (χ4v) is 6.91. The maximum absolute atomic E-state index is 12.5. The molecule has 0 fully saturated rings. The van der Waals surface area contributed by atoms with Gasteiger partial charge in [-0.25, -0.2) is 4.57 Å². The van der Waals surface area contributed by atoms with Crippen LogP contribution >= 0.6 is 7.82 Å². The second kappa shape index (κ2) is 38.5. The van der Waals surface area contributed by atoms with Crippen molar-refractivity contribution in [1.29, 1.82) is 0 Å². The number of hydrogen-bond donors (Lipinski definition) is 1. The summed E-state index contributed by atoms with van der Waals surface area (Å²) in [6, 6.07) is 0. The van der Waals surface area contributed by atoms with E-state index < -0.39 is 26.5 Å². The van der Waals surface area contributed by atoms with Crippen molar-refractivity contribution in [1.82, 2.24) is 0 Å². The Labute approximate surface area is 314 Å². The number of phosphoric ester groups is 1. The molecule has 0 saturated heterocycles. The standard InChI is InChI=1S/C42H81O8P/c1-4-7-9-11-13-15-17-19-20-21-22-23-25-26-28-30-32-34-36-41(43)47-38-40(39-49-51(45,46)48-6-3)50-42(44)37-35-33-31-29-27-24-18-16-14-12-10-8-5-2/h16,18,40H,4-15,17,19-39H2,1-3H3,(H,45,46)/b18-16-. The molecule has 0 aliphatic rings. The molecule has 9 heteroatoms. The molecule has 0 aliphatic heterocycles. The van der Waals surface area contributed by atoms with Crippen molar-refractivity contribution in [2.75, 3.05) is 19.8 Å². The van der Waals surface area contributed by atoms with Crippen LogP contribution in [0.1, 0.15) is 220 Å². The number of phosphoric acid groups is 1. The molecule has 51 heavy (non-hydrogen) atoms. The molecule has 2 unspecified atom stereocenters. The Hall–Kier alpha value is -1.21. The molecule has 0 bridgehead atoms. The number of hydrogen-bond acceptors (Lipinski definition) is 7. The predicted octanol–water partition coefficient (Wildman–Crippen LogP) is 13.3. The van der Waals surface area contributed by atoms with E-state index >= 15 is 0 Å². The average Bonchev–Trinajstić information content (AvgIpc) is 3.10. The van der Waals surface area contributed by atoms with Gasteiger partial charge in [0.25, 0.3) is 0 Å². The van der Waals surface area contributed by atoms with Gasteiger partial charge < -0.3 is 14.4 Å². The molecular weight excluding hydrogens is 663 g/mol. The normalized spacial score (nSPS) is 13.4. The second-order valence-electron chi connectivity index (χ2n) is 14.4. The smallest absolute Gasteiger partial charge is 0.462 e. The molecule has 0 saturated carbocycles. The molecule has 0 aliphatic carbocycles. The molecule has 0 spiro atoms.